The minimum absolute atomic E-state index is 0.0264. The maximum atomic E-state index is 14.5. The summed E-state index contributed by atoms with van der Waals surface area (Å²) in [6.45, 7) is -1.35. The zero-order valence-electron chi connectivity index (χ0n) is 35.9. The summed E-state index contributed by atoms with van der Waals surface area (Å²) in [4.78, 5) is 73.2. The molecule has 0 aliphatic heterocycles. The molecule has 1 aliphatic rings. The third-order valence-corrected chi connectivity index (χ3v) is 11.4. The van der Waals surface area contributed by atoms with E-state index in [-0.39, 0.29) is 35.0 Å². The summed E-state index contributed by atoms with van der Waals surface area (Å²) in [6, 6.07) is 21.7. The standard InChI is InChI=1S/C47H44F4N6O8/c1-54(33-6-10-35(63-3)11-7-33)44(60)39(18-27-16-29(48)21-30(49)17-27)52-42(58)25-56-40-15-14-37(65-5)23-41(40)57(46(56)62)26-43(59)53-47(24-38(47)28-19-31(50)22-32(51)20-28)45(61)55(2)34-8-12-36(64-4)13-9-34/h6-17,19-23,38-39H,18,24-26H2,1-5H3,(H,52,58)(H,53,59)/t38-,39+,47-/m1/s1. The molecule has 18 heteroatoms. The number of amides is 4. The van der Waals surface area contributed by atoms with Crippen molar-refractivity contribution in [2.75, 3.05) is 45.2 Å². The van der Waals surface area contributed by atoms with Gasteiger partial charge in [0.05, 0.1) is 32.4 Å². The largest absolute Gasteiger partial charge is 0.497 e. The number of anilines is 2. The van der Waals surface area contributed by atoms with E-state index in [1.807, 2.05) is 0 Å². The van der Waals surface area contributed by atoms with Crippen LogP contribution in [0.3, 0.4) is 0 Å². The van der Waals surface area contributed by atoms with Gasteiger partial charge in [-0.3, -0.25) is 28.3 Å². The molecule has 3 atom stereocenters. The molecule has 0 spiro atoms. The van der Waals surface area contributed by atoms with E-state index in [0.29, 0.717) is 40.8 Å². The van der Waals surface area contributed by atoms with Gasteiger partial charge >= 0.3 is 5.69 Å². The SMILES string of the molecule is COc1ccc(N(C)C(=O)[C@H](Cc2cc(F)cc(F)c2)NC(=O)Cn2c(=O)n(CC(=O)N[C@]3(C(=O)N(C)c4ccc(OC)cc4)C[C@@H]3c3cc(F)cc(F)c3)c3cc(OC)ccc32)cc1. The average molecular weight is 897 g/mol. The Hall–Kier alpha value is -7.63. The van der Waals surface area contributed by atoms with Crippen molar-refractivity contribution in [2.45, 2.75) is 43.4 Å². The van der Waals surface area contributed by atoms with E-state index >= 15 is 0 Å². The number of halogens is 4. The van der Waals surface area contributed by atoms with Gasteiger partial charge in [0, 0.05) is 56.0 Å². The topological polar surface area (TPSA) is 153 Å². The van der Waals surface area contributed by atoms with Gasteiger partial charge in [-0.15, -0.1) is 0 Å². The van der Waals surface area contributed by atoms with Crippen LogP contribution in [0.5, 0.6) is 17.2 Å². The third kappa shape index (κ3) is 9.66. The third-order valence-electron chi connectivity index (χ3n) is 11.4. The fourth-order valence-corrected chi connectivity index (χ4v) is 7.97. The number of ether oxygens (including phenoxy) is 3. The molecule has 6 aromatic rings. The monoisotopic (exact) mass is 896 g/mol. The minimum Gasteiger partial charge on any atom is -0.497 e. The number of fused-ring (bicyclic) bond motifs is 1. The number of nitrogens with one attached hydrogen (secondary N) is 2. The quantitative estimate of drug-likeness (QED) is 0.121. The molecule has 0 radical (unpaired) electrons. The lowest BCUT2D eigenvalue weighted by Gasteiger charge is -2.26. The van der Waals surface area contributed by atoms with Crippen LogP contribution in [0.15, 0.2) is 108 Å². The number of benzene rings is 5. The number of hydrogen-bond acceptors (Lipinski definition) is 8. The Kier molecular flexibility index (Phi) is 13.0. The molecule has 4 amide bonds. The van der Waals surface area contributed by atoms with E-state index in [1.165, 1.54) is 63.4 Å². The average Bonchev–Trinajstić information content (AvgIpc) is 3.96. The van der Waals surface area contributed by atoms with Gasteiger partial charge in [0.1, 0.15) is 65.2 Å². The molecule has 0 unspecified atom stereocenters. The normalized spacial score (nSPS) is 15.7. The molecule has 2 N–H and O–H groups in total. The van der Waals surface area contributed by atoms with Crippen molar-refractivity contribution in [1.29, 1.82) is 0 Å². The molecule has 0 saturated heterocycles. The van der Waals surface area contributed by atoms with Crippen LogP contribution in [0.25, 0.3) is 11.0 Å². The lowest BCUT2D eigenvalue weighted by Crippen LogP contribution is -2.52. The molecule has 338 valence electrons. The van der Waals surface area contributed by atoms with Gasteiger partial charge in [-0.05, 0) is 102 Å². The van der Waals surface area contributed by atoms with Crippen molar-refractivity contribution in [2.24, 2.45) is 0 Å². The van der Waals surface area contributed by atoms with Crippen molar-refractivity contribution < 1.29 is 51.0 Å². The summed E-state index contributed by atoms with van der Waals surface area (Å²) in [5, 5.41) is 5.39. The second-order valence-corrected chi connectivity index (χ2v) is 15.5. The van der Waals surface area contributed by atoms with E-state index in [9.17, 15) is 41.5 Å². The predicted octanol–water partition coefficient (Wildman–Crippen LogP) is 5.48. The Labute approximate surface area is 369 Å². The summed E-state index contributed by atoms with van der Waals surface area (Å²) in [5.74, 6) is -5.92. The molecule has 7 rings (SSSR count). The molecule has 5 aromatic carbocycles. The summed E-state index contributed by atoms with van der Waals surface area (Å²) >= 11 is 0. The van der Waals surface area contributed by atoms with Gasteiger partial charge in [-0.1, -0.05) is 0 Å². The lowest BCUT2D eigenvalue weighted by atomic mass is 10.0. The fourth-order valence-electron chi connectivity index (χ4n) is 7.97. The molecular formula is C47H44F4N6O8. The van der Waals surface area contributed by atoms with Crippen molar-refractivity contribution in [3.05, 3.63) is 148 Å². The van der Waals surface area contributed by atoms with Crippen molar-refractivity contribution >= 4 is 46.0 Å². The lowest BCUT2D eigenvalue weighted by molar-refractivity contribution is -0.128. The molecule has 1 saturated carbocycles. The van der Waals surface area contributed by atoms with Crippen LogP contribution in [0.4, 0.5) is 28.9 Å². The molecule has 1 fully saturated rings. The first-order chi connectivity index (χ1) is 31.0. The molecule has 65 heavy (non-hydrogen) atoms. The van der Waals surface area contributed by atoms with Gasteiger partial charge in [0.25, 0.3) is 5.91 Å². The predicted molar refractivity (Wildman–Crippen MR) is 232 cm³/mol. The van der Waals surface area contributed by atoms with Gasteiger partial charge in [0.15, 0.2) is 0 Å². The number of aromatic nitrogens is 2. The van der Waals surface area contributed by atoms with Crippen LogP contribution in [0.2, 0.25) is 0 Å². The summed E-state index contributed by atoms with van der Waals surface area (Å²) < 4.78 is 75.5. The van der Waals surface area contributed by atoms with Crippen molar-refractivity contribution in [1.82, 2.24) is 19.8 Å². The van der Waals surface area contributed by atoms with E-state index in [4.69, 9.17) is 14.2 Å². The minimum atomic E-state index is -1.68. The molecule has 1 heterocycles. The maximum absolute atomic E-state index is 14.5. The number of likely N-dealkylation sites (N-methyl/N-ethyl adjacent to an activating group) is 2. The van der Waals surface area contributed by atoms with Crippen LogP contribution < -0.4 is 40.3 Å². The maximum Gasteiger partial charge on any atom is 0.330 e. The number of rotatable bonds is 16. The number of hydrogen-bond donors (Lipinski definition) is 2. The van der Waals surface area contributed by atoms with E-state index in [0.717, 1.165) is 33.4 Å². The highest BCUT2D eigenvalue weighted by Gasteiger charge is 2.63. The first-order valence-electron chi connectivity index (χ1n) is 20.2. The van der Waals surface area contributed by atoms with Gasteiger partial charge in [-0.2, -0.15) is 0 Å². The van der Waals surface area contributed by atoms with E-state index in [1.54, 1.807) is 48.5 Å². The Morgan fingerprint density at radius 2 is 1.15 bits per heavy atom. The Bertz CT molecular complexity index is 2810. The molecular weight excluding hydrogens is 853 g/mol. The van der Waals surface area contributed by atoms with Crippen LogP contribution in [0, 0.1) is 23.3 Å². The molecule has 1 aliphatic carbocycles. The van der Waals surface area contributed by atoms with Crippen LogP contribution in [-0.2, 0) is 38.7 Å². The first-order valence-corrected chi connectivity index (χ1v) is 20.2. The van der Waals surface area contributed by atoms with E-state index < -0.39 is 83.2 Å². The number of nitrogens with zero attached hydrogens (tertiary/aromatic N) is 4. The number of imidazole rings is 1. The van der Waals surface area contributed by atoms with Gasteiger partial charge in [-0.25, -0.2) is 22.4 Å². The highest BCUT2D eigenvalue weighted by atomic mass is 19.1. The highest BCUT2D eigenvalue weighted by molar-refractivity contribution is 6.05. The Morgan fingerprint density at radius 3 is 1.71 bits per heavy atom. The second kappa shape index (κ2) is 18.6. The first kappa shape index (κ1) is 45.4. The number of carbonyl (C=O) groups is 4. The molecule has 14 nitrogen and oxygen atoms in total. The zero-order chi connectivity index (χ0) is 46.7. The Morgan fingerprint density at radius 1 is 0.662 bits per heavy atom. The van der Waals surface area contributed by atoms with Crippen molar-refractivity contribution in [3.63, 3.8) is 0 Å². The highest BCUT2D eigenvalue weighted by Crippen LogP contribution is 2.53. The summed E-state index contributed by atoms with van der Waals surface area (Å²) in [7, 11) is 7.30. The Balaban J connectivity index is 1.18. The smallest absolute Gasteiger partial charge is 0.330 e. The summed E-state index contributed by atoms with van der Waals surface area (Å²) in [5.41, 5.74) is -1.10. The van der Waals surface area contributed by atoms with Crippen molar-refractivity contribution in [3.8, 4) is 17.2 Å². The van der Waals surface area contributed by atoms with Crippen LogP contribution in [0.1, 0.15) is 23.5 Å². The molecule has 0 bridgehead atoms. The second-order valence-electron chi connectivity index (χ2n) is 15.5. The van der Waals surface area contributed by atoms with E-state index in [2.05, 4.69) is 10.6 Å². The molecule has 1 aromatic heterocycles. The fraction of sp³-hybridized carbons (Fsp3) is 0.255. The van der Waals surface area contributed by atoms with Crippen LogP contribution in [-0.4, -0.2) is 79.8 Å². The van der Waals surface area contributed by atoms with Gasteiger partial charge < -0.3 is 34.6 Å². The number of methoxy groups -OCH3 is 3. The number of carbonyl (C=O) groups excluding carboxylic acids is 4. The summed E-state index contributed by atoms with van der Waals surface area (Å²) in [6.07, 6.45) is -0.355. The van der Waals surface area contributed by atoms with Gasteiger partial charge in [0.2, 0.25) is 17.7 Å². The zero-order valence-corrected chi connectivity index (χ0v) is 35.9. The van der Waals surface area contributed by atoms with Crippen LogP contribution >= 0.6 is 0 Å².